The molecule has 0 bridgehead atoms. The smallest absolute Gasteiger partial charge is 0.125 e. The first-order valence-electron chi connectivity index (χ1n) is 7.96. The third-order valence-electron chi connectivity index (χ3n) is 4.75. The molecule has 5 heteroatoms. The quantitative estimate of drug-likeness (QED) is 0.872. The van der Waals surface area contributed by atoms with Gasteiger partial charge in [0.1, 0.15) is 11.9 Å². The number of nitrogens with zero attached hydrogens (tertiary/aromatic N) is 3. The predicted octanol–water partition coefficient (Wildman–Crippen LogP) is 2.73. The van der Waals surface area contributed by atoms with Crippen molar-refractivity contribution in [2.45, 2.75) is 38.5 Å². The fourth-order valence-electron chi connectivity index (χ4n) is 3.62. The number of hydrogen-bond donors (Lipinski definition) is 0. The lowest BCUT2D eigenvalue weighted by Crippen LogP contribution is -2.41. The molecule has 3 atom stereocenters. The molecule has 4 heterocycles. The lowest BCUT2D eigenvalue weighted by atomic mass is 9.91. The molecule has 0 saturated carbocycles. The van der Waals surface area contributed by atoms with Crippen LogP contribution in [0.25, 0.3) is 0 Å². The van der Waals surface area contributed by atoms with Gasteiger partial charge in [-0.15, -0.1) is 0 Å². The van der Waals surface area contributed by atoms with Crippen LogP contribution in [0.3, 0.4) is 0 Å². The number of furan rings is 1. The maximum absolute atomic E-state index is 6.30. The Labute approximate surface area is 130 Å². The molecule has 0 N–H and O–H groups in total. The molecule has 0 unspecified atom stereocenters. The molecule has 2 aliphatic heterocycles. The summed E-state index contributed by atoms with van der Waals surface area (Å²) in [7, 11) is 0. The van der Waals surface area contributed by atoms with Gasteiger partial charge in [-0.2, -0.15) is 0 Å². The Kier molecular flexibility index (Phi) is 3.68. The maximum Gasteiger partial charge on any atom is 0.125 e. The zero-order chi connectivity index (χ0) is 14.9. The van der Waals surface area contributed by atoms with Gasteiger partial charge in [-0.05, 0) is 44.4 Å². The summed E-state index contributed by atoms with van der Waals surface area (Å²) in [5.41, 5.74) is 2.27. The van der Waals surface area contributed by atoms with E-state index in [1.807, 2.05) is 31.5 Å². The van der Waals surface area contributed by atoms with E-state index in [0.29, 0.717) is 12.0 Å². The first kappa shape index (κ1) is 13.9. The highest BCUT2D eigenvalue weighted by molar-refractivity contribution is 5.09. The van der Waals surface area contributed by atoms with Gasteiger partial charge in [0.2, 0.25) is 0 Å². The molecule has 2 aromatic heterocycles. The SMILES string of the molecule is Cc1nccc([C@@H]2C[C@@H]3CCN(Cc4ccoc4)C[C@H]3O2)n1. The fourth-order valence-corrected chi connectivity index (χ4v) is 3.62. The van der Waals surface area contributed by atoms with Crippen LogP contribution < -0.4 is 0 Å². The molecule has 2 aromatic rings. The molecule has 0 amide bonds. The van der Waals surface area contributed by atoms with E-state index in [-0.39, 0.29) is 6.10 Å². The van der Waals surface area contributed by atoms with E-state index in [4.69, 9.17) is 9.15 Å². The van der Waals surface area contributed by atoms with E-state index in [1.54, 1.807) is 6.26 Å². The van der Waals surface area contributed by atoms with E-state index >= 15 is 0 Å². The van der Waals surface area contributed by atoms with E-state index in [0.717, 1.165) is 37.6 Å². The normalized spacial score (nSPS) is 28.7. The van der Waals surface area contributed by atoms with Crippen molar-refractivity contribution in [3.05, 3.63) is 47.9 Å². The number of hydrogen-bond acceptors (Lipinski definition) is 5. The lowest BCUT2D eigenvalue weighted by Gasteiger charge is -2.33. The molecule has 116 valence electrons. The summed E-state index contributed by atoms with van der Waals surface area (Å²) in [6.45, 7) is 5.00. The van der Waals surface area contributed by atoms with E-state index in [1.165, 1.54) is 12.0 Å². The molecule has 0 radical (unpaired) electrons. The van der Waals surface area contributed by atoms with Crippen molar-refractivity contribution in [2.75, 3.05) is 13.1 Å². The third kappa shape index (κ3) is 2.78. The fraction of sp³-hybridized carbons (Fsp3) is 0.529. The summed E-state index contributed by atoms with van der Waals surface area (Å²) in [6, 6.07) is 4.02. The largest absolute Gasteiger partial charge is 0.472 e. The van der Waals surface area contributed by atoms with Gasteiger partial charge in [0.15, 0.2) is 0 Å². The molecule has 2 aliphatic rings. The number of ether oxygens (including phenoxy) is 1. The number of fused-ring (bicyclic) bond motifs is 1. The number of rotatable bonds is 3. The summed E-state index contributed by atoms with van der Waals surface area (Å²) >= 11 is 0. The molecule has 0 aromatic carbocycles. The Morgan fingerprint density at radius 3 is 3.14 bits per heavy atom. The molecule has 0 spiro atoms. The summed E-state index contributed by atoms with van der Waals surface area (Å²) in [5, 5.41) is 0. The molecular weight excluding hydrogens is 278 g/mol. The van der Waals surface area contributed by atoms with Crippen LogP contribution in [0.5, 0.6) is 0 Å². The zero-order valence-electron chi connectivity index (χ0n) is 12.8. The van der Waals surface area contributed by atoms with Gasteiger partial charge >= 0.3 is 0 Å². The first-order valence-corrected chi connectivity index (χ1v) is 7.96. The van der Waals surface area contributed by atoms with Crippen LogP contribution >= 0.6 is 0 Å². The maximum atomic E-state index is 6.30. The van der Waals surface area contributed by atoms with Crippen LogP contribution in [0.4, 0.5) is 0 Å². The topological polar surface area (TPSA) is 51.4 Å². The summed E-state index contributed by atoms with van der Waals surface area (Å²) in [4.78, 5) is 11.2. The van der Waals surface area contributed by atoms with Crippen molar-refractivity contribution in [1.82, 2.24) is 14.9 Å². The highest BCUT2D eigenvalue weighted by atomic mass is 16.5. The van der Waals surface area contributed by atoms with Crippen molar-refractivity contribution >= 4 is 0 Å². The Morgan fingerprint density at radius 2 is 2.32 bits per heavy atom. The molecule has 2 saturated heterocycles. The second kappa shape index (κ2) is 5.82. The van der Waals surface area contributed by atoms with Gasteiger partial charge in [-0.3, -0.25) is 4.90 Å². The molecule has 0 aliphatic carbocycles. The van der Waals surface area contributed by atoms with Crippen LogP contribution in [0, 0.1) is 12.8 Å². The van der Waals surface area contributed by atoms with Gasteiger partial charge in [-0.1, -0.05) is 0 Å². The highest BCUT2D eigenvalue weighted by Gasteiger charge is 2.40. The Morgan fingerprint density at radius 1 is 1.36 bits per heavy atom. The second-order valence-electron chi connectivity index (χ2n) is 6.34. The van der Waals surface area contributed by atoms with Gasteiger partial charge < -0.3 is 9.15 Å². The number of likely N-dealkylation sites (tertiary alicyclic amines) is 1. The van der Waals surface area contributed by atoms with Crippen molar-refractivity contribution < 1.29 is 9.15 Å². The minimum absolute atomic E-state index is 0.130. The Hall–Kier alpha value is -1.72. The van der Waals surface area contributed by atoms with Crippen molar-refractivity contribution in [3.63, 3.8) is 0 Å². The molecule has 2 fully saturated rings. The molecular formula is C17H21N3O2. The number of piperidine rings is 1. The van der Waals surface area contributed by atoms with Crippen molar-refractivity contribution in [3.8, 4) is 0 Å². The number of aryl methyl sites for hydroxylation is 1. The molecule has 4 rings (SSSR count). The molecule has 22 heavy (non-hydrogen) atoms. The first-order chi connectivity index (χ1) is 10.8. The minimum atomic E-state index is 0.130. The van der Waals surface area contributed by atoms with Gasteiger partial charge in [0.05, 0.1) is 24.3 Å². The van der Waals surface area contributed by atoms with Gasteiger partial charge in [0.25, 0.3) is 0 Å². The standard InChI is InChI=1S/C17H21N3O2/c1-12-18-5-2-15(19-12)16-8-14-3-6-20(10-17(14)22-16)9-13-4-7-21-11-13/h2,4-5,7,11,14,16-17H,3,6,8-10H2,1H3/t14-,16-,17+/m0/s1. The van der Waals surface area contributed by atoms with Crippen LogP contribution in [0.1, 0.15) is 36.0 Å². The van der Waals surface area contributed by atoms with Crippen LogP contribution in [-0.2, 0) is 11.3 Å². The van der Waals surface area contributed by atoms with Gasteiger partial charge in [-0.25, -0.2) is 9.97 Å². The summed E-state index contributed by atoms with van der Waals surface area (Å²) in [6.07, 6.45) is 8.12. The lowest BCUT2D eigenvalue weighted by molar-refractivity contribution is -0.0107. The minimum Gasteiger partial charge on any atom is -0.472 e. The monoisotopic (exact) mass is 299 g/mol. The predicted molar refractivity (Wildman–Crippen MR) is 81.1 cm³/mol. The average Bonchev–Trinajstić information content (AvgIpc) is 3.16. The van der Waals surface area contributed by atoms with E-state index < -0.39 is 0 Å². The summed E-state index contributed by atoms with van der Waals surface area (Å²) in [5.74, 6) is 1.47. The Bertz CT molecular complexity index is 629. The zero-order valence-corrected chi connectivity index (χ0v) is 12.8. The van der Waals surface area contributed by atoms with Crippen LogP contribution in [0.15, 0.2) is 35.3 Å². The second-order valence-corrected chi connectivity index (χ2v) is 6.34. The third-order valence-corrected chi connectivity index (χ3v) is 4.75. The van der Waals surface area contributed by atoms with Crippen molar-refractivity contribution in [2.24, 2.45) is 5.92 Å². The van der Waals surface area contributed by atoms with Gasteiger partial charge in [0, 0.05) is 24.8 Å². The van der Waals surface area contributed by atoms with Crippen molar-refractivity contribution in [1.29, 1.82) is 0 Å². The summed E-state index contributed by atoms with van der Waals surface area (Å²) < 4.78 is 11.5. The van der Waals surface area contributed by atoms with Crippen LogP contribution in [-0.4, -0.2) is 34.1 Å². The van der Waals surface area contributed by atoms with E-state index in [9.17, 15) is 0 Å². The number of aromatic nitrogens is 2. The van der Waals surface area contributed by atoms with E-state index in [2.05, 4.69) is 14.9 Å². The highest BCUT2D eigenvalue weighted by Crippen LogP contribution is 2.40. The average molecular weight is 299 g/mol. The Balaban J connectivity index is 1.41. The molecule has 5 nitrogen and oxygen atoms in total. The van der Waals surface area contributed by atoms with Crippen LogP contribution in [0.2, 0.25) is 0 Å².